The van der Waals surface area contributed by atoms with E-state index in [1.54, 1.807) is 0 Å². The second-order valence-electron chi connectivity index (χ2n) is 1.95. The number of hydrogen-bond acceptors (Lipinski definition) is 3. The van der Waals surface area contributed by atoms with Crippen LogP contribution in [0.5, 0.6) is 0 Å². The van der Waals surface area contributed by atoms with E-state index < -0.39 is 24.6 Å². The number of carbonyl (C=O) groups is 1. The summed E-state index contributed by atoms with van der Waals surface area (Å²) in [5.74, 6) is -1.05. The molecule has 1 atom stereocenters. The Bertz CT molecular complexity index is 145. The van der Waals surface area contributed by atoms with E-state index >= 15 is 0 Å². The highest BCUT2D eigenvalue weighted by atomic mass is 19.4. The second kappa shape index (κ2) is 3.56. The van der Waals surface area contributed by atoms with Gasteiger partial charge in [-0.15, -0.1) is 0 Å². The number of alkyl halides is 3. The van der Waals surface area contributed by atoms with E-state index in [4.69, 9.17) is 5.73 Å². The van der Waals surface area contributed by atoms with Crippen LogP contribution in [0.25, 0.3) is 0 Å². The van der Waals surface area contributed by atoms with Crippen LogP contribution in [0.2, 0.25) is 0 Å². The molecule has 0 aliphatic heterocycles. The third kappa shape index (κ3) is 4.60. The Kier molecular flexibility index (Phi) is 3.31. The highest BCUT2D eigenvalue weighted by molar-refractivity contribution is 5.75. The van der Waals surface area contributed by atoms with Gasteiger partial charge in [-0.25, -0.2) is 0 Å². The van der Waals surface area contributed by atoms with E-state index in [1.165, 1.54) is 0 Å². The summed E-state index contributed by atoms with van der Waals surface area (Å²) in [6, 6.07) is -1.61. The number of rotatable bonds is 2. The monoisotopic (exact) mass is 171 g/mol. The fourth-order valence-corrected chi connectivity index (χ4v) is 0.484. The molecule has 0 spiro atoms. The lowest BCUT2D eigenvalue weighted by atomic mass is 10.2. The average molecular weight is 171 g/mol. The Morgan fingerprint density at radius 3 is 2.36 bits per heavy atom. The van der Waals surface area contributed by atoms with Crippen LogP contribution in [-0.2, 0) is 9.53 Å². The van der Waals surface area contributed by atoms with E-state index in [2.05, 4.69) is 4.74 Å². The van der Waals surface area contributed by atoms with Gasteiger partial charge >= 0.3 is 12.1 Å². The van der Waals surface area contributed by atoms with Gasteiger partial charge in [0.25, 0.3) is 0 Å². The molecule has 0 aromatic rings. The first-order valence-corrected chi connectivity index (χ1v) is 2.77. The Balaban J connectivity index is 3.87. The molecular formula is C5H8F3NO2. The minimum atomic E-state index is -4.42. The summed E-state index contributed by atoms with van der Waals surface area (Å²) >= 11 is 0. The van der Waals surface area contributed by atoms with Crippen molar-refractivity contribution in [3.05, 3.63) is 0 Å². The average Bonchev–Trinajstić information content (AvgIpc) is 1.82. The van der Waals surface area contributed by atoms with Crippen LogP contribution in [0.15, 0.2) is 0 Å². The Hall–Kier alpha value is -0.780. The van der Waals surface area contributed by atoms with Crippen molar-refractivity contribution in [1.82, 2.24) is 0 Å². The van der Waals surface area contributed by atoms with Crippen LogP contribution in [0.1, 0.15) is 6.42 Å². The molecule has 0 saturated heterocycles. The number of ether oxygens (including phenoxy) is 1. The third-order valence-electron chi connectivity index (χ3n) is 0.955. The molecule has 0 aromatic heterocycles. The lowest BCUT2D eigenvalue weighted by molar-refractivity contribution is -0.158. The fourth-order valence-electron chi connectivity index (χ4n) is 0.484. The quantitative estimate of drug-likeness (QED) is 0.613. The molecule has 6 heteroatoms. The zero-order valence-electron chi connectivity index (χ0n) is 5.81. The summed E-state index contributed by atoms with van der Waals surface area (Å²) in [4.78, 5) is 10.3. The van der Waals surface area contributed by atoms with E-state index in [9.17, 15) is 18.0 Å². The topological polar surface area (TPSA) is 52.3 Å². The van der Waals surface area contributed by atoms with Gasteiger partial charge in [0.1, 0.15) is 6.04 Å². The molecule has 0 rings (SSSR count). The van der Waals surface area contributed by atoms with Crippen molar-refractivity contribution in [1.29, 1.82) is 0 Å². The molecule has 0 bridgehead atoms. The van der Waals surface area contributed by atoms with Crippen LogP contribution in [-0.4, -0.2) is 25.3 Å². The normalized spacial score (nSPS) is 14.3. The fraction of sp³-hybridized carbons (Fsp3) is 0.800. The second-order valence-corrected chi connectivity index (χ2v) is 1.95. The van der Waals surface area contributed by atoms with Crippen LogP contribution < -0.4 is 5.73 Å². The van der Waals surface area contributed by atoms with Crippen molar-refractivity contribution >= 4 is 5.97 Å². The predicted octanol–water partition coefficient (Wildman–Crippen LogP) is 0.439. The molecular weight excluding hydrogens is 163 g/mol. The first kappa shape index (κ1) is 10.2. The van der Waals surface area contributed by atoms with Gasteiger partial charge in [-0.1, -0.05) is 0 Å². The molecule has 0 amide bonds. The van der Waals surface area contributed by atoms with Gasteiger partial charge in [0.15, 0.2) is 0 Å². The number of methoxy groups -OCH3 is 1. The summed E-state index contributed by atoms with van der Waals surface area (Å²) in [7, 11) is 0.985. The van der Waals surface area contributed by atoms with Crippen LogP contribution in [0, 0.1) is 0 Å². The molecule has 0 aromatic carbocycles. The lowest BCUT2D eigenvalue weighted by Gasteiger charge is -2.10. The largest absolute Gasteiger partial charge is 0.468 e. The van der Waals surface area contributed by atoms with Crippen molar-refractivity contribution in [2.75, 3.05) is 7.11 Å². The van der Waals surface area contributed by atoms with Crippen molar-refractivity contribution in [2.24, 2.45) is 5.73 Å². The minimum absolute atomic E-state index is 0.985. The predicted molar refractivity (Wildman–Crippen MR) is 30.7 cm³/mol. The van der Waals surface area contributed by atoms with Crippen LogP contribution in [0.3, 0.4) is 0 Å². The lowest BCUT2D eigenvalue weighted by Crippen LogP contribution is -2.36. The van der Waals surface area contributed by atoms with Gasteiger partial charge in [-0.2, -0.15) is 13.2 Å². The summed E-state index contributed by atoms with van der Waals surface area (Å²) < 4.78 is 38.5. The van der Waals surface area contributed by atoms with Crippen molar-refractivity contribution in [3.63, 3.8) is 0 Å². The number of halogens is 3. The molecule has 0 aliphatic rings. The zero-order chi connectivity index (χ0) is 9.07. The molecule has 0 aliphatic carbocycles. The number of carbonyl (C=O) groups excluding carboxylic acids is 1. The Morgan fingerprint density at radius 2 is 2.09 bits per heavy atom. The molecule has 0 radical (unpaired) electrons. The van der Waals surface area contributed by atoms with Gasteiger partial charge in [0.05, 0.1) is 13.5 Å². The van der Waals surface area contributed by atoms with Gasteiger partial charge in [0.2, 0.25) is 0 Å². The third-order valence-corrected chi connectivity index (χ3v) is 0.955. The molecule has 0 unspecified atom stereocenters. The molecule has 11 heavy (non-hydrogen) atoms. The molecule has 3 nitrogen and oxygen atoms in total. The standard InChI is InChI=1S/C5H8F3NO2/c1-11-4(10)3(9)2-5(6,7)8/h3H,2,9H2,1H3/t3-/m1/s1. The summed E-state index contributed by atoms with van der Waals surface area (Å²) in [5.41, 5.74) is 4.82. The molecule has 66 valence electrons. The van der Waals surface area contributed by atoms with Gasteiger partial charge in [0, 0.05) is 0 Å². The smallest absolute Gasteiger partial charge is 0.391 e. The van der Waals surface area contributed by atoms with Gasteiger partial charge in [-0.3, -0.25) is 4.79 Å². The number of hydrogen-bond donors (Lipinski definition) is 1. The van der Waals surface area contributed by atoms with Crippen molar-refractivity contribution in [3.8, 4) is 0 Å². The van der Waals surface area contributed by atoms with Crippen LogP contribution >= 0.6 is 0 Å². The maximum atomic E-state index is 11.5. The highest BCUT2D eigenvalue weighted by Crippen LogP contribution is 2.20. The summed E-state index contributed by atoms with van der Waals surface area (Å²) in [6.45, 7) is 0. The first-order valence-electron chi connectivity index (χ1n) is 2.77. The minimum Gasteiger partial charge on any atom is -0.468 e. The maximum Gasteiger partial charge on any atom is 0.391 e. The van der Waals surface area contributed by atoms with E-state index in [0.29, 0.717) is 0 Å². The summed E-state index contributed by atoms with van der Waals surface area (Å²) in [6.07, 6.45) is -5.77. The summed E-state index contributed by atoms with van der Waals surface area (Å²) in [5, 5.41) is 0. The van der Waals surface area contributed by atoms with Gasteiger partial charge < -0.3 is 10.5 Å². The maximum absolute atomic E-state index is 11.5. The van der Waals surface area contributed by atoms with Crippen molar-refractivity contribution in [2.45, 2.75) is 18.6 Å². The Labute approximate surface area is 61.3 Å². The van der Waals surface area contributed by atoms with E-state index in [-0.39, 0.29) is 0 Å². The molecule has 2 N–H and O–H groups in total. The molecule has 0 saturated carbocycles. The van der Waals surface area contributed by atoms with E-state index in [0.717, 1.165) is 7.11 Å². The molecule has 0 heterocycles. The zero-order valence-corrected chi connectivity index (χ0v) is 5.81. The first-order chi connectivity index (χ1) is 4.87. The Morgan fingerprint density at radius 1 is 1.64 bits per heavy atom. The van der Waals surface area contributed by atoms with Crippen molar-refractivity contribution < 1.29 is 22.7 Å². The van der Waals surface area contributed by atoms with E-state index in [1.807, 2.05) is 0 Å². The van der Waals surface area contributed by atoms with Gasteiger partial charge in [-0.05, 0) is 0 Å². The highest BCUT2D eigenvalue weighted by Gasteiger charge is 2.33. The SMILES string of the molecule is COC(=O)[C@H](N)CC(F)(F)F. The van der Waals surface area contributed by atoms with Crippen LogP contribution in [0.4, 0.5) is 13.2 Å². The number of nitrogens with two attached hydrogens (primary N) is 1. The molecule has 0 fully saturated rings. The number of esters is 1.